The number of benzene rings is 3. The number of hydrogen-bond donors (Lipinski definition) is 1. The summed E-state index contributed by atoms with van der Waals surface area (Å²) in [5.41, 5.74) is 4.12. The van der Waals surface area contributed by atoms with E-state index in [1.54, 1.807) is 17.0 Å². The van der Waals surface area contributed by atoms with E-state index < -0.39 is 16.1 Å². The van der Waals surface area contributed by atoms with Gasteiger partial charge in [-0.05, 0) is 61.6 Å². The Kier molecular flexibility index (Phi) is 11.2. The molecule has 0 aromatic heterocycles. The Hall–Kier alpha value is -3.36. The highest BCUT2D eigenvalue weighted by atomic mass is 35.5. The maximum atomic E-state index is 13.8. The number of halogens is 1. The largest absolute Gasteiger partial charge is 0.355 e. The second-order valence-electron chi connectivity index (χ2n) is 9.87. The van der Waals surface area contributed by atoms with Crippen LogP contribution in [0.4, 0.5) is 5.69 Å². The van der Waals surface area contributed by atoms with Crippen molar-refractivity contribution in [3.8, 4) is 0 Å². The Labute approximate surface area is 243 Å². The molecule has 214 valence electrons. The maximum absolute atomic E-state index is 13.8. The molecule has 0 spiro atoms. The van der Waals surface area contributed by atoms with Gasteiger partial charge in [-0.2, -0.15) is 0 Å². The first-order chi connectivity index (χ1) is 19.0. The van der Waals surface area contributed by atoms with Crippen molar-refractivity contribution in [2.75, 3.05) is 23.7 Å². The summed E-state index contributed by atoms with van der Waals surface area (Å²) in [4.78, 5) is 28.7. The summed E-state index contributed by atoms with van der Waals surface area (Å²) in [6, 6.07) is 21.6. The molecule has 2 amide bonds. The molecule has 0 heterocycles. The highest BCUT2D eigenvalue weighted by Crippen LogP contribution is 2.26. The van der Waals surface area contributed by atoms with Gasteiger partial charge in [-0.15, -0.1) is 0 Å². The standard InChI is InChI=1S/C31H38ClN3O4S/c1-5-33-31(37)29(21-25-14-7-6-8-15-25)34(22-26-16-9-10-17-27(26)32)30(36)19-12-20-35(40(4,38)39)28-18-11-13-23(2)24(28)3/h6-11,13-18,29H,5,12,19-22H2,1-4H3,(H,33,37). The van der Waals surface area contributed by atoms with Gasteiger partial charge in [0.1, 0.15) is 6.04 Å². The predicted octanol–water partition coefficient (Wildman–Crippen LogP) is 5.28. The van der Waals surface area contributed by atoms with Gasteiger partial charge in [-0.25, -0.2) is 8.42 Å². The molecule has 0 fully saturated rings. The number of anilines is 1. The first-order valence-corrected chi connectivity index (χ1v) is 15.6. The summed E-state index contributed by atoms with van der Waals surface area (Å²) in [5.74, 6) is -0.499. The summed E-state index contributed by atoms with van der Waals surface area (Å²) in [5, 5.41) is 3.38. The van der Waals surface area contributed by atoms with Crippen LogP contribution in [0.25, 0.3) is 0 Å². The van der Waals surface area contributed by atoms with E-state index in [0.29, 0.717) is 23.7 Å². The third kappa shape index (κ3) is 8.32. The molecule has 9 heteroatoms. The molecule has 0 radical (unpaired) electrons. The zero-order chi connectivity index (χ0) is 29.3. The fraction of sp³-hybridized carbons (Fsp3) is 0.355. The lowest BCUT2D eigenvalue weighted by molar-refractivity contribution is -0.141. The van der Waals surface area contributed by atoms with Gasteiger partial charge in [0.15, 0.2) is 0 Å². The molecule has 0 saturated carbocycles. The molecule has 7 nitrogen and oxygen atoms in total. The Morgan fingerprint density at radius 3 is 2.27 bits per heavy atom. The average Bonchev–Trinajstić information content (AvgIpc) is 2.91. The number of carbonyl (C=O) groups excluding carboxylic acids is 2. The van der Waals surface area contributed by atoms with Crippen LogP contribution in [0.1, 0.15) is 42.0 Å². The molecule has 0 aliphatic heterocycles. The van der Waals surface area contributed by atoms with Crippen LogP contribution in [0.5, 0.6) is 0 Å². The fourth-order valence-corrected chi connectivity index (χ4v) is 5.86. The zero-order valence-electron chi connectivity index (χ0n) is 23.6. The van der Waals surface area contributed by atoms with Gasteiger partial charge in [-0.3, -0.25) is 13.9 Å². The van der Waals surface area contributed by atoms with Gasteiger partial charge in [0.2, 0.25) is 21.8 Å². The number of likely N-dealkylation sites (N-methyl/N-ethyl adjacent to an activating group) is 1. The normalized spacial score (nSPS) is 12.0. The van der Waals surface area contributed by atoms with E-state index in [4.69, 9.17) is 11.6 Å². The van der Waals surface area contributed by atoms with Crippen molar-refractivity contribution in [2.45, 2.75) is 52.6 Å². The molecule has 0 saturated heterocycles. The van der Waals surface area contributed by atoms with Crippen LogP contribution < -0.4 is 9.62 Å². The third-order valence-electron chi connectivity index (χ3n) is 6.92. The summed E-state index contributed by atoms with van der Waals surface area (Å²) in [6.07, 6.45) is 1.85. The Morgan fingerprint density at radius 2 is 1.62 bits per heavy atom. The van der Waals surface area contributed by atoms with E-state index in [9.17, 15) is 18.0 Å². The lowest BCUT2D eigenvalue weighted by Gasteiger charge is -2.32. The van der Waals surface area contributed by atoms with E-state index in [2.05, 4.69) is 5.32 Å². The van der Waals surface area contributed by atoms with Crippen molar-refractivity contribution in [3.05, 3.63) is 100 Å². The molecule has 40 heavy (non-hydrogen) atoms. The molecule has 3 aromatic carbocycles. The third-order valence-corrected chi connectivity index (χ3v) is 8.47. The van der Waals surface area contributed by atoms with Crippen molar-refractivity contribution in [3.63, 3.8) is 0 Å². The first-order valence-electron chi connectivity index (χ1n) is 13.4. The molecule has 3 rings (SSSR count). The monoisotopic (exact) mass is 583 g/mol. The number of amides is 2. The number of rotatable bonds is 13. The number of hydrogen-bond acceptors (Lipinski definition) is 4. The highest BCUT2D eigenvalue weighted by molar-refractivity contribution is 7.92. The average molecular weight is 584 g/mol. The van der Waals surface area contributed by atoms with Gasteiger partial charge in [-0.1, -0.05) is 72.3 Å². The summed E-state index contributed by atoms with van der Waals surface area (Å²) < 4.78 is 26.8. The number of aryl methyl sites for hydroxylation is 1. The van der Waals surface area contributed by atoms with Gasteiger partial charge < -0.3 is 10.2 Å². The minimum Gasteiger partial charge on any atom is -0.355 e. The second kappa shape index (κ2) is 14.3. The fourth-order valence-electron chi connectivity index (χ4n) is 4.64. The molecule has 3 aromatic rings. The van der Waals surface area contributed by atoms with Crippen LogP contribution in [0.3, 0.4) is 0 Å². The first kappa shape index (κ1) is 31.2. The van der Waals surface area contributed by atoms with E-state index in [1.165, 1.54) is 10.6 Å². The van der Waals surface area contributed by atoms with Crippen molar-refractivity contribution < 1.29 is 18.0 Å². The quantitative estimate of drug-likeness (QED) is 0.297. The van der Waals surface area contributed by atoms with Crippen LogP contribution in [-0.4, -0.2) is 50.5 Å². The molecule has 0 aliphatic rings. The molecule has 1 N–H and O–H groups in total. The molecule has 1 unspecified atom stereocenters. The number of sulfonamides is 1. The number of carbonyl (C=O) groups is 2. The van der Waals surface area contributed by atoms with Crippen LogP contribution in [-0.2, 0) is 32.6 Å². The Bertz CT molecular complexity index is 1410. The smallest absolute Gasteiger partial charge is 0.243 e. The van der Waals surface area contributed by atoms with Gasteiger partial charge in [0.05, 0.1) is 11.9 Å². The highest BCUT2D eigenvalue weighted by Gasteiger charge is 2.30. The molecule has 1 atom stereocenters. The van der Waals surface area contributed by atoms with Crippen molar-refractivity contribution in [2.24, 2.45) is 0 Å². The van der Waals surface area contributed by atoms with Crippen LogP contribution in [0.2, 0.25) is 5.02 Å². The minimum atomic E-state index is -3.58. The maximum Gasteiger partial charge on any atom is 0.243 e. The predicted molar refractivity (Wildman–Crippen MR) is 162 cm³/mol. The van der Waals surface area contributed by atoms with Crippen LogP contribution >= 0.6 is 11.6 Å². The van der Waals surface area contributed by atoms with E-state index in [-0.39, 0.29) is 37.7 Å². The summed E-state index contributed by atoms with van der Waals surface area (Å²) in [7, 11) is -3.58. The van der Waals surface area contributed by atoms with Gasteiger partial charge in [0, 0.05) is 37.5 Å². The number of nitrogens with zero attached hydrogens (tertiary/aromatic N) is 2. The summed E-state index contributed by atoms with van der Waals surface area (Å²) in [6.45, 7) is 6.38. The molecule has 0 aliphatic carbocycles. The van der Waals surface area contributed by atoms with Crippen LogP contribution in [0.15, 0.2) is 72.8 Å². The molecular weight excluding hydrogens is 546 g/mol. The summed E-state index contributed by atoms with van der Waals surface area (Å²) >= 11 is 6.46. The topological polar surface area (TPSA) is 86.8 Å². The molecular formula is C31H38ClN3O4S. The lowest BCUT2D eigenvalue weighted by Crippen LogP contribution is -2.50. The van der Waals surface area contributed by atoms with Gasteiger partial charge in [0.25, 0.3) is 0 Å². The molecule has 0 bridgehead atoms. The minimum absolute atomic E-state index is 0.0615. The van der Waals surface area contributed by atoms with Crippen molar-refractivity contribution in [1.82, 2.24) is 10.2 Å². The zero-order valence-corrected chi connectivity index (χ0v) is 25.1. The van der Waals surface area contributed by atoms with E-state index in [1.807, 2.05) is 81.4 Å². The van der Waals surface area contributed by atoms with Crippen molar-refractivity contribution in [1.29, 1.82) is 0 Å². The lowest BCUT2D eigenvalue weighted by atomic mass is 10.0. The van der Waals surface area contributed by atoms with Crippen LogP contribution in [0, 0.1) is 13.8 Å². The SMILES string of the molecule is CCNC(=O)C(Cc1ccccc1)N(Cc1ccccc1Cl)C(=O)CCCN(c1cccc(C)c1C)S(C)(=O)=O. The van der Waals surface area contributed by atoms with E-state index >= 15 is 0 Å². The number of nitrogens with one attached hydrogen (secondary N) is 1. The Morgan fingerprint density at radius 1 is 0.950 bits per heavy atom. The Balaban J connectivity index is 1.89. The van der Waals surface area contributed by atoms with E-state index in [0.717, 1.165) is 22.3 Å². The second-order valence-corrected chi connectivity index (χ2v) is 12.2. The van der Waals surface area contributed by atoms with Gasteiger partial charge >= 0.3 is 0 Å². The van der Waals surface area contributed by atoms with Crippen molar-refractivity contribution >= 4 is 39.1 Å².